The summed E-state index contributed by atoms with van der Waals surface area (Å²) >= 11 is 0. The number of aryl methyl sites for hydroxylation is 1. The molecule has 0 aliphatic carbocycles. The highest BCUT2D eigenvalue weighted by Gasteiger charge is 2.12. The van der Waals surface area contributed by atoms with Crippen LogP contribution < -0.4 is 5.73 Å². The molecule has 4 nitrogen and oxygen atoms in total. The molecule has 0 fully saturated rings. The molecule has 0 amide bonds. The summed E-state index contributed by atoms with van der Waals surface area (Å²) in [5.41, 5.74) is 11.2. The maximum Gasteiger partial charge on any atom is 0.140 e. The molecule has 4 rings (SSSR count). The van der Waals surface area contributed by atoms with Gasteiger partial charge in [-0.15, -0.1) is 0 Å². The minimum absolute atomic E-state index is 0.786. The van der Waals surface area contributed by atoms with Crippen LogP contribution >= 0.6 is 0 Å². The van der Waals surface area contributed by atoms with Crippen molar-refractivity contribution >= 4 is 27.6 Å². The molecule has 3 aromatic heterocycles. The number of hydrogen-bond donors (Lipinski definition) is 2. The standard InChI is InChI=1S/C20H21N3O/c1-2-3-4-6-14-12-16(21)19-15-11-13(18-7-5-10-24-18)8-9-17(15)23-20(19)22-14/h5,7-12H,2-4,6H2,1H3,(H3,21,22,23). The minimum atomic E-state index is 0.786. The number of anilines is 1. The van der Waals surface area contributed by atoms with Gasteiger partial charge in [0.15, 0.2) is 0 Å². The van der Waals surface area contributed by atoms with Gasteiger partial charge < -0.3 is 15.1 Å². The fourth-order valence-corrected chi connectivity index (χ4v) is 3.26. The smallest absolute Gasteiger partial charge is 0.140 e. The summed E-state index contributed by atoms with van der Waals surface area (Å²) in [5, 5.41) is 2.08. The van der Waals surface area contributed by atoms with Gasteiger partial charge in [0.25, 0.3) is 0 Å². The minimum Gasteiger partial charge on any atom is -0.464 e. The second-order valence-electron chi connectivity index (χ2n) is 6.25. The molecule has 0 atom stereocenters. The third-order valence-electron chi connectivity index (χ3n) is 4.49. The average Bonchev–Trinajstić information content (AvgIpc) is 3.22. The lowest BCUT2D eigenvalue weighted by Crippen LogP contribution is -1.95. The summed E-state index contributed by atoms with van der Waals surface area (Å²) in [6.07, 6.45) is 6.24. The van der Waals surface area contributed by atoms with E-state index in [4.69, 9.17) is 15.1 Å². The number of nitrogens with zero attached hydrogens (tertiary/aromatic N) is 1. The van der Waals surface area contributed by atoms with Crippen LogP contribution in [-0.4, -0.2) is 9.97 Å². The third-order valence-corrected chi connectivity index (χ3v) is 4.49. The van der Waals surface area contributed by atoms with E-state index >= 15 is 0 Å². The number of benzene rings is 1. The molecule has 0 aliphatic heterocycles. The Balaban J connectivity index is 1.82. The molecular weight excluding hydrogens is 298 g/mol. The maximum atomic E-state index is 6.36. The summed E-state index contributed by atoms with van der Waals surface area (Å²) in [6.45, 7) is 2.21. The summed E-state index contributed by atoms with van der Waals surface area (Å²) in [5.74, 6) is 0.856. The summed E-state index contributed by atoms with van der Waals surface area (Å²) < 4.78 is 5.50. The van der Waals surface area contributed by atoms with Gasteiger partial charge in [-0.25, -0.2) is 4.98 Å². The van der Waals surface area contributed by atoms with E-state index < -0.39 is 0 Å². The monoisotopic (exact) mass is 319 g/mol. The first kappa shape index (κ1) is 14.8. The molecule has 4 heteroatoms. The summed E-state index contributed by atoms with van der Waals surface area (Å²) in [4.78, 5) is 8.18. The van der Waals surface area contributed by atoms with E-state index in [2.05, 4.69) is 30.1 Å². The van der Waals surface area contributed by atoms with Crippen LogP contribution in [0.2, 0.25) is 0 Å². The SMILES string of the molecule is CCCCCc1cc(N)c2c(n1)[nH]c1ccc(-c3ccco3)cc12. The lowest BCUT2D eigenvalue weighted by atomic mass is 10.1. The Morgan fingerprint density at radius 2 is 2.08 bits per heavy atom. The fourth-order valence-electron chi connectivity index (χ4n) is 3.26. The van der Waals surface area contributed by atoms with Crippen LogP contribution in [0, 0.1) is 0 Å². The topological polar surface area (TPSA) is 67.8 Å². The molecule has 0 saturated carbocycles. The molecule has 0 bridgehead atoms. The van der Waals surface area contributed by atoms with Crippen LogP contribution in [0.1, 0.15) is 31.9 Å². The first-order valence-corrected chi connectivity index (χ1v) is 8.51. The molecule has 3 heterocycles. The van der Waals surface area contributed by atoms with Gasteiger partial charge in [-0.1, -0.05) is 19.8 Å². The molecule has 0 saturated heterocycles. The van der Waals surface area contributed by atoms with Gasteiger partial charge in [0.05, 0.1) is 6.26 Å². The first-order valence-electron chi connectivity index (χ1n) is 8.51. The Labute approximate surface area is 140 Å². The van der Waals surface area contributed by atoms with Crippen molar-refractivity contribution in [1.29, 1.82) is 0 Å². The van der Waals surface area contributed by atoms with Crippen LogP contribution in [0.4, 0.5) is 5.69 Å². The Kier molecular flexibility index (Phi) is 3.73. The predicted octanol–water partition coefficient (Wildman–Crippen LogP) is 5.29. The number of pyridine rings is 1. The van der Waals surface area contributed by atoms with E-state index in [0.29, 0.717) is 0 Å². The molecule has 3 N–H and O–H groups in total. The van der Waals surface area contributed by atoms with E-state index in [-0.39, 0.29) is 0 Å². The van der Waals surface area contributed by atoms with Crippen molar-refractivity contribution in [3.63, 3.8) is 0 Å². The highest BCUT2D eigenvalue weighted by atomic mass is 16.3. The molecule has 0 spiro atoms. The predicted molar refractivity (Wildman–Crippen MR) is 98.9 cm³/mol. The van der Waals surface area contributed by atoms with Gasteiger partial charge in [-0.05, 0) is 49.2 Å². The zero-order valence-electron chi connectivity index (χ0n) is 13.8. The molecule has 0 aliphatic rings. The van der Waals surface area contributed by atoms with Crippen molar-refractivity contribution in [2.75, 3.05) is 5.73 Å². The normalized spacial score (nSPS) is 11.5. The Morgan fingerprint density at radius 3 is 2.88 bits per heavy atom. The largest absolute Gasteiger partial charge is 0.464 e. The maximum absolute atomic E-state index is 6.36. The third kappa shape index (κ3) is 2.54. The van der Waals surface area contributed by atoms with Gasteiger partial charge in [0.1, 0.15) is 11.4 Å². The van der Waals surface area contributed by atoms with Crippen LogP contribution in [-0.2, 0) is 6.42 Å². The number of nitrogen functional groups attached to an aromatic ring is 1. The lowest BCUT2D eigenvalue weighted by molar-refractivity contribution is 0.582. The number of fused-ring (bicyclic) bond motifs is 3. The molecule has 0 radical (unpaired) electrons. The van der Waals surface area contributed by atoms with Crippen molar-refractivity contribution in [3.05, 3.63) is 48.4 Å². The van der Waals surface area contributed by atoms with Crippen molar-refractivity contribution in [2.24, 2.45) is 0 Å². The number of unbranched alkanes of at least 4 members (excludes halogenated alkanes) is 2. The fraction of sp³-hybridized carbons (Fsp3) is 0.250. The highest BCUT2D eigenvalue weighted by Crippen LogP contribution is 2.33. The first-order chi connectivity index (χ1) is 11.8. The summed E-state index contributed by atoms with van der Waals surface area (Å²) in [7, 11) is 0. The van der Waals surface area contributed by atoms with Crippen molar-refractivity contribution < 1.29 is 4.42 Å². The van der Waals surface area contributed by atoms with Crippen molar-refractivity contribution in [1.82, 2.24) is 9.97 Å². The number of aromatic amines is 1. The second kappa shape index (κ2) is 6.04. The van der Waals surface area contributed by atoms with Crippen molar-refractivity contribution in [3.8, 4) is 11.3 Å². The molecular formula is C20H21N3O. The summed E-state index contributed by atoms with van der Waals surface area (Å²) in [6, 6.07) is 12.1. The number of nitrogens with one attached hydrogen (secondary N) is 1. The van der Waals surface area contributed by atoms with Gasteiger partial charge in [-0.3, -0.25) is 0 Å². The van der Waals surface area contributed by atoms with Gasteiger partial charge >= 0.3 is 0 Å². The van der Waals surface area contributed by atoms with Gasteiger partial charge in [-0.2, -0.15) is 0 Å². The van der Waals surface area contributed by atoms with Gasteiger partial charge in [0.2, 0.25) is 0 Å². The zero-order valence-corrected chi connectivity index (χ0v) is 13.8. The highest BCUT2D eigenvalue weighted by molar-refractivity contribution is 6.12. The van der Waals surface area contributed by atoms with Crippen LogP contribution in [0.3, 0.4) is 0 Å². The number of nitrogens with two attached hydrogens (primary N) is 1. The van der Waals surface area contributed by atoms with E-state index in [0.717, 1.165) is 57.5 Å². The van der Waals surface area contributed by atoms with Crippen LogP contribution in [0.15, 0.2) is 47.1 Å². The number of aromatic nitrogens is 2. The number of H-pyrrole nitrogens is 1. The Hall–Kier alpha value is -2.75. The molecule has 4 aromatic rings. The molecule has 24 heavy (non-hydrogen) atoms. The van der Waals surface area contributed by atoms with E-state index in [1.165, 1.54) is 12.8 Å². The molecule has 122 valence electrons. The zero-order chi connectivity index (χ0) is 16.5. The number of furan rings is 1. The van der Waals surface area contributed by atoms with Crippen LogP contribution in [0.5, 0.6) is 0 Å². The van der Waals surface area contributed by atoms with E-state index in [1.807, 2.05) is 18.2 Å². The van der Waals surface area contributed by atoms with Crippen molar-refractivity contribution in [2.45, 2.75) is 32.6 Å². The second-order valence-corrected chi connectivity index (χ2v) is 6.25. The number of hydrogen-bond acceptors (Lipinski definition) is 3. The van der Waals surface area contributed by atoms with Crippen LogP contribution in [0.25, 0.3) is 33.3 Å². The van der Waals surface area contributed by atoms with Gasteiger partial charge in [0, 0.05) is 33.2 Å². The lowest BCUT2D eigenvalue weighted by Gasteiger charge is -2.04. The average molecular weight is 319 g/mol. The molecule has 0 unspecified atom stereocenters. The Morgan fingerprint density at radius 1 is 1.17 bits per heavy atom. The van der Waals surface area contributed by atoms with E-state index in [1.54, 1.807) is 6.26 Å². The molecule has 1 aromatic carbocycles. The Bertz CT molecular complexity index is 983. The number of rotatable bonds is 5. The van der Waals surface area contributed by atoms with E-state index in [9.17, 15) is 0 Å². The quantitative estimate of drug-likeness (QED) is 0.491.